The molecule has 0 fully saturated rings. The molecule has 1 aliphatic heterocycles. The molecule has 3 nitrogen and oxygen atoms in total. The lowest BCUT2D eigenvalue weighted by Gasteiger charge is -2.20. The molecule has 4 heteroatoms. The topological polar surface area (TPSA) is 38.7 Å². The third-order valence-corrected chi connectivity index (χ3v) is 3.34. The number of hydrogen-bond acceptors (Lipinski definition) is 2. The number of carbonyl (C=O) groups excluding carboxylic acids is 1. The smallest absolute Gasteiger partial charge is 0.285 e. The molecule has 0 bridgehead atoms. The van der Waals surface area contributed by atoms with Crippen molar-refractivity contribution in [3.05, 3.63) is 0 Å². The van der Waals surface area contributed by atoms with Gasteiger partial charge in [-0.05, 0) is 0 Å². The molecular weight excluding hydrogens is 146 g/mol. The first kappa shape index (κ1) is 7.46. The lowest BCUT2D eigenvalue weighted by Crippen LogP contribution is -2.42. The molecule has 0 aromatic heterocycles. The third-order valence-electron chi connectivity index (χ3n) is 1.39. The molecule has 1 unspecified atom stereocenters. The zero-order valence-electron chi connectivity index (χ0n) is 6.42. The first-order chi connectivity index (χ1) is 4.52. The maximum atomic E-state index is 10.9. The molecule has 56 valence electrons. The fourth-order valence-electron chi connectivity index (χ4n) is 0.844. The molecule has 1 amide bonds. The van der Waals surface area contributed by atoms with Gasteiger partial charge >= 0.3 is 0 Å². The second-order valence-corrected chi connectivity index (χ2v) is 8.71. The molecule has 1 atom stereocenters. The maximum absolute atomic E-state index is 10.9. The van der Waals surface area contributed by atoms with Crippen LogP contribution in [0.2, 0.25) is 19.6 Å². The van der Waals surface area contributed by atoms with E-state index >= 15 is 0 Å². The molecule has 1 aliphatic rings. The number of aliphatic imine (C=N–C) groups is 1. The first-order valence-corrected chi connectivity index (χ1v) is 6.81. The summed E-state index contributed by atoms with van der Waals surface area (Å²) in [6.07, 6.45) is 1.26. The Hall–Kier alpha value is -0.643. The second-order valence-electron chi connectivity index (χ2n) is 3.45. The summed E-state index contributed by atoms with van der Waals surface area (Å²) in [5.74, 6) is -0.112. The molecular formula is C6H11NO2Si. The van der Waals surface area contributed by atoms with E-state index in [-0.39, 0.29) is 11.6 Å². The van der Waals surface area contributed by atoms with Gasteiger partial charge in [-0.2, -0.15) is 4.99 Å². The molecule has 0 N–H and O–H groups in total. The summed E-state index contributed by atoms with van der Waals surface area (Å²) >= 11 is 0. The Morgan fingerprint density at radius 3 is 2.40 bits per heavy atom. The van der Waals surface area contributed by atoms with Crippen molar-refractivity contribution in [1.29, 1.82) is 0 Å². The number of ether oxygens (including phenoxy) is 1. The Morgan fingerprint density at radius 1 is 1.60 bits per heavy atom. The Balaban J connectivity index is 2.69. The number of amides is 1. The minimum absolute atomic E-state index is 0.112. The Kier molecular flexibility index (Phi) is 1.64. The summed E-state index contributed by atoms with van der Waals surface area (Å²) < 4.78 is 5.05. The van der Waals surface area contributed by atoms with Crippen molar-refractivity contribution in [1.82, 2.24) is 0 Å². The molecule has 0 spiro atoms. The summed E-state index contributed by atoms with van der Waals surface area (Å²) in [6.45, 7) is 6.26. The van der Waals surface area contributed by atoms with Crippen molar-refractivity contribution in [2.45, 2.75) is 25.4 Å². The van der Waals surface area contributed by atoms with E-state index in [1.807, 2.05) is 0 Å². The lowest BCUT2D eigenvalue weighted by molar-refractivity contribution is -0.120. The summed E-state index contributed by atoms with van der Waals surface area (Å²) in [5.41, 5.74) is -0.243. The summed E-state index contributed by atoms with van der Waals surface area (Å²) in [7, 11) is -1.48. The Bertz CT molecular complexity index is 183. The van der Waals surface area contributed by atoms with Crippen LogP contribution in [0, 0.1) is 0 Å². The van der Waals surface area contributed by atoms with E-state index < -0.39 is 8.07 Å². The van der Waals surface area contributed by atoms with Gasteiger partial charge in [-0.25, -0.2) is 0 Å². The van der Waals surface area contributed by atoms with Gasteiger partial charge in [0.2, 0.25) is 0 Å². The average Bonchev–Trinajstić information content (AvgIpc) is 2.11. The number of nitrogens with zero attached hydrogens (tertiary/aromatic N) is 1. The number of rotatable bonds is 1. The Labute approximate surface area is 61.1 Å². The highest BCUT2D eigenvalue weighted by Crippen LogP contribution is 2.15. The monoisotopic (exact) mass is 157 g/mol. The average molecular weight is 157 g/mol. The molecule has 1 heterocycles. The van der Waals surface area contributed by atoms with E-state index in [2.05, 4.69) is 24.6 Å². The van der Waals surface area contributed by atoms with Crippen LogP contribution in [-0.2, 0) is 9.53 Å². The van der Waals surface area contributed by atoms with Gasteiger partial charge in [-0.15, -0.1) is 0 Å². The lowest BCUT2D eigenvalue weighted by atomic mass is 10.7. The minimum Gasteiger partial charge on any atom is -0.474 e. The fourth-order valence-corrected chi connectivity index (χ4v) is 2.13. The van der Waals surface area contributed by atoms with E-state index in [9.17, 15) is 4.79 Å². The molecule has 0 aliphatic carbocycles. The Morgan fingerprint density at radius 2 is 2.20 bits per heavy atom. The predicted octanol–water partition coefficient (Wildman–Crippen LogP) is 0.817. The van der Waals surface area contributed by atoms with E-state index in [0.717, 1.165) is 0 Å². The van der Waals surface area contributed by atoms with E-state index in [1.54, 1.807) is 0 Å². The van der Waals surface area contributed by atoms with Crippen molar-refractivity contribution in [3.63, 3.8) is 0 Å². The zero-order valence-corrected chi connectivity index (χ0v) is 7.42. The van der Waals surface area contributed by atoms with Crippen LogP contribution in [0.4, 0.5) is 0 Å². The molecule has 10 heavy (non-hydrogen) atoms. The molecule has 0 aromatic carbocycles. The summed E-state index contributed by atoms with van der Waals surface area (Å²) in [4.78, 5) is 14.5. The van der Waals surface area contributed by atoms with Crippen LogP contribution in [-0.4, -0.2) is 26.1 Å². The largest absolute Gasteiger partial charge is 0.474 e. The van der Waals surface area contributed by atoms with Crippen molar-refractivity contribution in [2.75, 3.05) is 0 Å². The minimum atomic E-state index is -1.48. The predicted molar refractivity (Wildman–Crippen MR) is 41.7 cm³/mol. The van der Waals surface area contributed by atoms with Gasteiger partial charge in [0.25, 0.3) is 5.91 Å². The van der Waals surface area contributed by atoms with E-state index in [1.165, 1.54) is 6.40 Å². The summed E-state index contributed by atoms with van der Waals surface area (Å²) in [6, 6.07) is 0. The third kappa shape index (κ3) is 1.26. The molecule has 0 saturated heterocycles. The van der Waals surface area contributed by atoms with Crippen LogP contribution in [0.15, 0.2) is 4.99 Å². The maximum Gasteiger partial charge on any atom is 0.285 e. The quantitative estimate of drug-likeness (QED) is 0.528. The second kappa shape index (κ2) is 2.19. The van der Waals surface area contributed by atoms with E-state index in [0.29, 0.717) is 0 Å². The van der Waals surface area contributed by atoms with Crippen molar-refractivity contribution >= 4 is 20.4 Å². The summed E-state index contributed by atoms with van der Waals surface area (Å²) in [5, 5.41) is 0. The van der Waals surface area contributed by atoms with Gasteiger partial charge in [0.15, 0.2) is 12.1 Å². The van der Waals surface area contributed by atoms with Gasteiger partial charge in [0.1, 0.15) is 8.07 Å². The molecule has 0 saturated carbocycles. The van der Waals surface area contributed by atoms with Crippen LogP contribution >= 0.6 is 0 Å². The van der Waals surface area contributed by atoms with Crippen LogP contribution in [0.3, 0.4) is 0 Å². The van der Waals surface area contributed by atoms with Crippen LogP contribution in [0.1, 0.15) is 0 Å². The van der Waals surface area contributed by atoms with Gasteiger partial charge in [-0.1, -0.05) is 19.6 Å². The standard InChI is InChI=1S/C6H11NO2Si/c1-10(2,3)6-5(8)7-4-9-6/h4,6H,1-3H3. The highest BCUT2D eigenvalue weighted by atomic mass is 28.3. The van der Waals surface area contributed by atoms with Crippen molar-refractivity contribution in [2.24, 2.45) is 4.99 Å². The highest BCUT2D eigenvalue weighted by molar-refractivity contribution is 6.80. The van der Waals surface area contributed by atoms with Gasteiger partial charge in [0, 0.05) is 0 Å². The number of carbonyl (C=O) groups is 1. The molecule has 1 rings (SSSR count). The van der Waals surface area contributed by atoms with Crippen LogP contribution in [0.5, 0.6) is 0 Å². The normalized spacial score (nSPS) is 25.1. The highest BCUT2D eigenvalue weighted by Gasteiger charge is 2.36. The van der Waals surface area contributed by atoms with Crippen LogP contribution < -0.4 is 0 Å². The number of hydrogen-bond donors (Lipinski definition) is 0. The zero-order chi connectivity index (χ0) is 7.78. The SMILES string of the molecule is C[Si](C)(C)C1OC=NC1=O. The molecule has 0 aromatic rings. The fraction of sp³-hybridized carbons (Fsp3) is 0.667. The van der Waals surface area contributed by atoms with Crippen LogP contribution in [0.25, 0.3) is 0 Å². The van der Waals surface area contributed by atoms with Gasteiger partial charge in [-0.3, -0.25) is 4.79 Å². The van der Waals surface area contributed by atoms with Gasteiger partial charge < -0.3 is 4.74 Å². The van der Waals surface area contributed by atoms with Crippen molar-refractivity contribution < 1.29 is 9.53 Å². The van der Waals surface area contributed by atoms with Gasteiger partial charge in [0.05, 0.1) is 0 Å². The van der Waals surface area contributed by atoms with Crippen molar-refractivity contribution in [3.8, 4) is 0 Å². The molecule has 0 radical (unpaired) electrons. The first-order valence-electron chi connectivity index (χ1n) is 3.23. The van der Waals surface area contributed by atoms with E-state index in [4.69, 9.17) is 4.74 Å².